The number of halogens is 1. The summed E-state index contributed by atoms with van der Waals surface area (Å²) in [6, 6.07) is 4.69. The Labute approximate surface area is 81.4 Å². The molecule has 0 fully saturated rings. The van der Waals surface area contributed by atoms with Crippen molar-refractivity contribution in [1.29, 1.82) is 0 Å². The van der Waals surface area contributed by atoms with Gasteiger partial charge in [0.05, 0.1) is 11.5 Å². The summed E-state index contributed by atoms with van der Waals surface area (Å²) < 4.78 is 27.3. The average Bonchev–Trinajstić information content (AvgIpc) is 2.02. The van der Waals surface area contributed by atoms with Crippen molar-refractivity contribution in [2.45, 2.75) is 11.3 Å². The molecule has 1 aliphatic heterocycles. The van der Waals surface area contributed by atoms with E-state index in [-0.39, 0.29) is 11.5 Å². The van der Waals surface area contributed by atoms with Gasteiger partial charge < -0.3 is 0 Å². The first kappa shape index (κ1) is 8.99. The second-order valence-corrected chi connectivity index (χ2v) is 4.80. The molecule has 0 N–H and O–H groups in total. The van der Waals surface area contributed by atoms with Crippen molar-refractivity contribution in [3.63, 3.8) is 0 Å². The van der Waals surface area contributed by atoms with E-state index in [1.807, 2.05) is 0 Å². The van der Waals surface area contributed by atoms with Gasteiger partial charge in [0.2, 0.25) is 0 Å². The molecule has 5 heteroatoms. The molecule has 0 atom stereocenters. The minimum absolute atomic E-state index is 0.204. The van der Waals surface area contributed by atoms with Crippen LogP contribution in [-0.4, -0.2) is 15.0 Å². The maximum absolute atomic E-state index is 11.3. The van der Waals surface area contributed by atoms with Crippen LogP contribution in [0.25, 0.3) is 0 Å². The fraction of sp³-hybridized carbons (Fsp3) is 0.250. The molecular formula is C8H7ClO3S. The Kier molecular flexibility index (Phi) is 2.06. The van der Waals surface area contributed by atoms with E-state index >= 15 is 0 Å². The molecule has 0 saturated carbocycles. The van der Waals surface area contributed by atoms with Crippen LogP contribution in [0.5, 0.6) is 0 Å². The SMILES string of the molecule is O=S1(=O)OCCc2cc(Cl)ccc21. The van der Waals surface area contributed by atoms with Gasteiger partial charge in [0.25, 0.3) is 10.1 Å². The zero-order valence-electron chi connectivity index (χ0n) is 6.66. The van der Waals surface area contributed by atoms with Crippen molar-refractivity contribution < 1.29 is 12.6 Å². The summed E-state index contributed by atoms with van der Waals surface area (Å²) in [5.74, 6) is 0. The molecule has 0 radical (unpaired) electrons. The largest absolute Gasteiger partial charge is 0.297 e. The lowest BCUT2D eigenvalue weighted by molar-refractivity contribution is 0.309. The van der Waals surface area contributed by atoms with Crippen LogP contribution in [0.15, 0.2) is 23.1 Å². The van der Waals surface area contributed by atoms with Gasteiger partial charge in [0.1, 0.15) is 0 Å². The summed E-state index contributed by atoms with van der Waals surface area (Å²) >= 11 is 5.73. The lowest BCUT2D eigenvalue weighted by Gasteiger charge is -2.15. The Bertz CT molecular complexity index is 439. The molecule has 1 aromatic rings. The molecule has 0 bridgehead atoms. The second kappa shape index (κ2) is 2.97. The van der Waals surface area contributed by atoms with E-state index in [1.54, 1.807) is 12.1 Å². The predicted octanol–water partition coefficient (Wildman–Crippen LogP) is 1.60. The fourth-order valence-electron chi connectivity index (χ4n) is 1.31. The van der Waals surface area contributed by atoms with Crippen molar-refractivity contribution in [2.24, 2.45) is 0 Å². The van der Waals surface area contributed by atoms with Crippen molar-refractivity contribution >= 4 is 21.7 Å². The first-order valence-electron chi connectivity index (χ1n) is 3.77. The third-order valence-corrected chi connectivity index (χ3v) is 3.55. The van der Waals surface area contributed by atoms with Crippen LogP contribution in [0.4, 0.5) is 0 Å². The Hall–Kier alpha value is -0.580. The molecule has 0 unspecified atom stereocenters. The highest BCUT2D eigenvalue weighted by Gasteiger charge is 2.23. The summed E-state index contributed by atoms with van der Waals surface area (Å²) in [5.41, 5.74) is 0.735. The first-order chi connectivity index (χ1) is 6.09. The molecule has 70 valence electrons. The van der Waals surface area contributed by atoms with Crippen LogP contribution in [-0.2, 0) is 20.7 Å². The van der Waals surface area contributed by atoms with E-state index in [2.05, 4.69) is 4.18 Å². The first-order valence-corrected chi connectivity index (χ1v) is 5.56. The van der Waals surface area contributed by atoms with Gasteiger partial charge in [-0.2, -0.15) is 8.42 Å². The van der Waals surface area contributed by atoms with Gasteiger partial charge in [-0.15, -0.1) is 0 Å². The van der Waals surface area contributed by atoms with Gasteiger partial charge in [-0.25, -0.2) is 0 Å². The Balaban J connectivity index is 2.66. The molecule has 1 aliphatic rings. The van der Waals surface area contributed by atoms with Gasteiger partial charge >= 0.3 is 0 Å². The van der Waals surface area contributed by atoms with Crippen molar-refractivity contribution in [1.82, 2.24) is 0 Å². The van der Waals surface area contributed by atoms with Crippen LogP contribution >= 0.6 is 11.6 Å². The summed E-state index contributed by atoms with van der Waals surface area (Å²) in [5, 5.41) is 0.552. The standard InChI is InChI=1S/C8H7ClO3S/c9-7-1-2-8-6(5-7)3-4-12-13(8,10)11/h1-2,5H,3-4H2. The highest BCUT2D eigenvalue weighted by Crippen LogP contribution is 2.26. The molecule has 3 nitrogen and oxygen atoms in total. The third kappa shape index (κ3) is 1.57. The van der Waals surface area contributed by atoms with Gasteiger partial charge in [-0.1, -0.05) is 11.6 Å². The number of benzene rings is 1. The topological polar surface area (TPSA) is 43.4 Å². The quantitative estimate of drug-likeness (QED) is 0.622. The maximum Gasteiger partial charge on any atom is 0.297 e. The van der Waals surface area contributed by atoms with Gasteiger partial charge in [-0.3, -0.25) is 4.18 Å². The highest BCUT2D eigenvalue weighted by atomic mass is 35.5. The van der Waals surface area contributed by atoms with Crippen LogP contribution in [0.1, 0.15) is 5.56 Å². The molecular weight excluding hydrogens is 212 g/mol. The summed E-state index contributed by atoms with van der Waals surface area (Å²) in [4.78, 5) is 0.239. The summed E-state index contributed by atoms with van der Waals surface area (Å²) in [6.45, 7) is 0.204. The average molecular weight is 219 g/mol. The van der Waals surface area contributed by atoms with Crippen LogP contribution in [0.3, 0.4) is 0 Å². The molecule has 0 spiro atoms. The smallest absolute Gasteiger partial charge is 0.266 e. The van der Waals surface area contributed by atoms with E-state index in [0.29, 0.717) is 11.4 Å². The summed E-state index contributed by atoms with van der Waals surface area (Å²) in [7, 11) is -3.52. The zero-order valence-corrected chi connectivity index (χ0v) is 8.23. The van der Waals surface area contributed by atoms with Crippen LogP contribution in [0, 0.1) is 0 Å². The molecule has 0 saturated heterocycles. The van der Waals surface area contributed by atoms with Crippen LogP contribution < -0.4 is 0 Å². The minimum atomic E-state index is -3.52. The Morgan fingerprint density at radius 1 is 1.38 bits per heavy atom. The normalized spacial score (nSPS) is 19.5. The van der Waals surface area contributed by atoms with E-state index in [0.717, 1.165) is 5.56 Å². The molecule has 1 aromatic carbocycles. The zero-order chi connectivity index (χ0) is 9.47. The molecule has 0 amide bonds. The van der Waals surface area contributed by atoms with E-state index in [9.17, 15) is 8.42 Å². The third-order valence-electron chi connectivity index (χ3n) is 1.90. The highest BCUT2D eigenvalue weighted by molar-refractivity contribution is 7.86. The Morgan fingerprint density at radius 3 is 2.92 bits per heavy atom. The number of hydrogen-bond donors (Lipinski definition) is 0. The molecule has 0 aliphatic carbocycles. The van der Waals surface area contributed by atoms with Gasteiger partial charge in [-0.05, 0) is 30.2 Å². The van der Waals surface area contributed by atoms with E-state index in [4.69, 9.17) is 11.6 Å². The monoisotopic (exact) mass is 218 g/mol. The number of rotatable bonds is 0. The van der Waals surface area contributed by atoms with E-state index < -0.39 is 10.1 Å². The van der Waals surface area contributed by atoms with Crippen LogP contribution in [0.2, 0.25) is 5.02 Å². The predicted molar refractivity (Wildman–Crippen MR) is 48.3 cm³/mol. The molecule has 2 rings (SSSR count). The fourth-order valence-corrected chi connectivity index (χ4v) is 2.65. The lowest BCUT2D eigenvalue weighted by atomic mass is 10.2. The molecule has 1 heterocycles. The van der Waals surface area contributed by atoms with Crippen molar-refractivity contribution in [2.75, 3.05) is 6.61 Å². The molecule has 0 aromatic heterocycles. The van der Waals surface area contributed by atoms with Crippen molar-refractivity contribution in [3.8, 4) is 0 Å². The summed E-state index contributed by atoms with van der Waals surface area (Å²) in [6.07, 6.45) is 0.592. The second-order valence-electron chi connectivity index (χ2n) is 2.78. The van der Waals surface area contributed by atoms with E-state index in [1.165, 1.54) is 6.07 Å². The molecule has 13 heavy (non-hydrogen) atoms. The Morgan fingerprint density at radius 2 is 2.15 bits per heavy atom. The number of fused-ring (bicyclic) bond motifs is 1. The van der Waals surface area contributed by atoms with Gasteiger partial charge in [0.15, 0.2) is 0 Å². The number of hydrogen-bond acceptors (Lipinski definition) is 3. The maximum atomic E-state index is 11.3. The minimum Gasteiger partial charge on any atom is -0.266 e. The lowest BCUT2D eigenvalue weighted by Crippen LogP contribution is -2.17. The van der Waals surface area contributed by atoms with Crippen molar-refractivity contribution in [3.05, 3.63) is 28.8 Å². The van der Waals surface area contributed by atoms with Gasteiger partial charge in [0, 0.05) is 5.02 Å².